The second kappa shape index (κ2) is 9.09. The van der Waals surface area contributed by atoms with Crippen LogP contribution >= 0.6 is 11.6 Å². The highest BCUT2D eigenvalue weighted by atomic mass is 35.5. The fraction of sp³-hybridized carbons (Fsp3) is 0.500. The predicted molar refractivity (Wildman–Crippen MR) is 120 cm³/mol. The number of unbranched alkanes of at least 4 members (excludes halogenated alkanes) is 2. The number of phenolic OH excluding ortho intramolecular Hbond substituents is 1. The van der Waals surface area contributed by atoms with E-state index in [4.69, 9.17) is 11.6 Å². The van der Waals surface area contributed by atoms with Gasteiger partial charge in [-0.3, -0.25) is 0 Å². The monoisotopic (exact) mass is 434 g/mol. The van der Waals surface area contributed by atoms with Crippen LogP contribution in [0.25, 0.3) is 0 Å². The van der Waals surface area contributed by atoms with E-state index in [1.54, 1.807) is 6.07 Å². The van der Waals surface area contributed by atoms with E-state index in [1.165, 1.54) is 6.07 Å². The number of fused-ring (bicyclic) bond motifs is 1. The second-order valence-corrected chi connectivity index (χ2v) is 10.8. The Balaban J connectivity index is 2.22. The summed E-state index contributed by atoms with van der Waals surface area (Å²) in [6.07, 6.45) is 6.71. The molecule has 0 aromatic heterocycles. The summed E-state index contributed by atoms with van der Waals surface area (Å²) in [6.45, 7) is 4.31. The summed E-state index contributed by atoms with van der Waals surface area (Å²) in [5.41, 5.74) is 1.55. The molecule has 0 amide bonds. The highest BCUT2D eigenvalue weighted by molar-refractivity contribution is 7.91. The Bertz CT molecular complexity index is 930. The van der Waals surface area contributed by atoms with Gasteiger partial charge >= 0.3 is 0 Å². The quantitative estimate of drug-likeness (QED) is 0.526. The molecular formula is C24H31ClO3S. The molecule has 0 aliphatic carbocycles. The van der Waals surface area contributed by atoms with Crippen LogP contribution in [0.15, 0.2) is 47.4 Å². The topological polar surface area (TPSA) is 54.4 Å². The first-order valence-electron chi connectivity index (χ1n) is 10.6. The van der Waals surface area contributed by atoms with Gasteiger partial charge in [0.15, 0.2) is 9.84 Å². The lowest BCUT2D eigenvalue weighted by atomic mass is 9.70. The van der Waals surface area contributed by atoms with Gasteiger partial charge in [-0.15, -0.1) is 0 Å². The maximum Gasteiger partial charge on any atom is 0.179 e. The summed E-state index contributed by atoms with van der Waals surface area (Å²) in [5, 5.41) is 10.4. The summed E-state index contributed by atoms with van der Waals surface area (Å²) >= 11 is 6.24. The van der Waals surface area contributed by atoms with Crippen LogP contribution in [0, 0.1) is 5.41 Å². The normalized spacial score (nSPS) is 20.0. The Hall–Kier alpha value is -1.52. The number of rotatable bonds is 7. The molecule has 3 rings (SSSR count). The molecule has 1 unspecified atom stereocenters. The lowest BCUT2D eigenvalue weighted by molar-refractivity contribution is 0.230. The van der Waals surface area contributed by atoms with E-state index < -0.39 is 9.84 Å². The van der Waals surface area contributed by atoms with Gasteiger partial charge in [0.25, 0.3) is 0 Å². The van der Waals surface area contributed by atoms with Crippen molar-refractivity contribution in [2.45, 2.75) is 69.6 Å². The van der Waals surface area contributed by atoms with E-state index in [1.807, 2.05) is 18.2 Å². The molecule has 0 radical (unpaired) electrons. The first kappa shape index (κ1) is 22.2. The zero-order valence-corrected chi connectivity index (χ0v) is 18.9. The highest BCUT2D eigenvalue weighted by Crippen LogP contribution is 2.50. The van der Waals surface area contributed by atoms with Crippen molar-refractivity contribution in [2.24, 2.45) is 5.41 Å². The van der Waals surface area contributed by atoms with Crippen molar-refractivity contribution in [3.8, 4) is 5.75 Å². The van der Waals surface area contributed by atoms with Crippen molar-refractivity contribution in [3.63, 3.8) is 0 Å². The Morgan fingerprint density at radius 1 is 1.07 bits per heavy atom. The minimum Gasteiger partial charge on any atom is -0.506 e. The molecule has 1 N–H and O–H groups in total. The molecule has 158 valence electrons. The van der Waals surface area contributed by atoms with Crippen molar-refractivity contribution in [2.75, 3.05) is 5.75 Å². The number of sulfone groups is 1. The SMILES string of the molecule is CCCCC1(CCCC)CC(c2ccccc2)c2cc(Cl)c(O)cc2S(=O)(=O)C1. The Morgan fingerprint density at radius 2 is 1.69 bits per heavy atom. The van der Waals surface area contributed by atoms with E-state index in [2.05, 4.69) is 26.0 Å². The van der Waals surface area contributed by atoms with Gasteiger partial charge in [-0.2, -0.15) is 0 Å². The van der Waals surface area contributed by atoms with Gasteiger partial charge in [0.2, 0.25) is 0 Å². The number of aromatic hydroxyl groups is 1. The average Bonchev–Trinajstić information content (AvgIpc) is 2.79. The van der Waals surface area contributed by atoms with Crippen molar-refractivity contribution >= 4 is 21.4 Å². The third-order valence-corrected chi connectivity index (χ3v) is 8.57. The van der Waals surface area contributed by atoms with Gasteiger partial charge in [0.1, 0.15) is 5.75 Å². The molecule has 0 saturated heterocycles. The Morgan fingerprint density at radius 3 is 2.28 bits per heavy atom. The third kappa shape index (κ3) is 4.80. The second-order valence-electron chi connectivity index (χ2n) is 8.48. The van der Waals surface area contributed by atoms with Gasteiger partial charge in [0.05, 0.1) is 15.7 Å². The van der Waals surface area contributed by atoms with Crippen LogP contribution in [-0.2, 0) is 9.84 Å². The third-order valence-electron chi connectivity index (χ3n) is 6.25. The number of phenols is 1. The van der Waals surface area contributed by atoms with Gasteiger partial charge in [-0.1, -0.05) is 81.5 Å². The Kier molecular flexibility index (Phi) is 6.95. The molecule has 1 heterocycles. The van der Waals surface area contributed by atoms with E-state index >= 15 is 0 Å². The minimum absolute atomic E-state index is 0.0599. The molecule has 0 fully saturated rings. The lowest BCUT2D eigenvalue weighted by Gasteiger charge is -2.35. The summed E-state index contributed by atoms with van der Waals surface area (Å²) in [5.74, 6) is -0.0945. The number of halogens is 1. The maximum atomic E-state index is 13.5. The van der Waals surface area contributed by atoms with Crippen LogP contribution < -0.4 is 0 Å². The van der Waals surface area contributed by atoms with Crippen molar-refractivity contribution in [1.29, 1.82) is 0 Å². The van der Waals surface area contributed by atoms with E-state index in [0.717, 1.165) is 50.5 Å². The first-order chi connectivity index (χ1) is 13.8. The maximum absolute atomic E-state index is 13.5. The molecule has 1 atom stereocenters. The fourth-order valence-corrected chi connectivity index (χ4v) is 7.13. The number of benzene rings is 2. The van der Waals surface area contributed by atoms with Crippen LogP contribution in [0.1, 0.15) is 75.8 Å². The fourth-order valence-electron chi connectivity index (χ4n) is 4.74. The van der Waals surface area contributed by atoms with Crippen molar-refractivity contribution in [1.82, 2.24) is 0 Å². The van der Waals surface area contributed by atoms with Crippen LogP contribution in [0.4, 0.5) is 0 Å². The van der Waals surface area contributed by atoms with Crippen LogP contribution in [-0.4, -0.2) is 19.3 Å². The molecule has 0 saturated carbocycles. The zero-order chi connectivity index (χ0) is 21.1. The molecule has 2 aromatic rings. The zero-order valence-electron chi connectivity index (χ0n) is 17.3. The van der Waals surface area contributed by atoms with Crippen LogP contribution in [0.3, 0.4) is 0 Å². The number of hydrogen-bond donors (Lipinski definition) is 1. The molecule has 0 spiro atoms. The molecule has 1 aliphatic heterocycles. The smallest absolute Gasteiger partial charge is 0.179 e. The van der Waals surface area contributed by atoms with Gasteiger partial charge < -0.3 is 5.11 Å². The van der Waals surface area contributed by atoms with Gasteiger partial charge in [-0.25, -0.2) is 8.42 Å². The summed E-state index contributed by atoms with van der Waals surface area (Å²) in [7, 11) is -3.55. The number of hydrogen-bond acceptors (Lipinski definition) is 3. The average molecular weight is 435 g/mol. The van der Waals surface area contributed by atoms with Crippen molar-refractivity contribution < 1.29 is 13.5 Å². The van der Waals surface area contributed by atoms with E-state index in [9.17, 15) is 13.5 Å². The molecule has 2 aromatic carbocycles. The van der Waals surface area contributed by atoms with E-state index in [-0.39, 0.29) is 32.8 Å². The van der Waals surface area contributed by atoms with Gasteiger partial charge in [0, 0.05) is 12.0 Å². The molecule has 5 heteroatoms. The lowest BCUT2D eigenvalue weighted by Crippen LogP contribution is -2.30. The molecule has 0 bridgehead atoms. The summed E-state index contributed by atoms with van der Waals surface area (Å²) < 4.78 is 27.0. The minimum atomic E-state index is -3.55. The Labute approximate surface area is 180 Å². The van der Waals surface area contributed by atoms with Crippen molar-refractivity contribution in [3.05, 3.63) is 58.6 Å². The van der Waals surface area contributed by atoms with Crippen LogP contribution in [0.5, 0.6) is 5.75 Å². The summed E-state index contributed by atoms with van der Waals surface area (Å²) in [4.78, 5) is 0.239. The van der Waals surface area contributed by atoms with E-state index in [0.29, 0.717) is 5.56 Å². The molecular weight excluding hydrogens is 404 g/mol. The van der Waals surface area contributed by atoms with Crippen LogP contribution in [0.2, 0.25) is 5.02 Å². The molecule has 3 nitrogen and oxygen atoms in total. The largest absolute Gasteiger partial charge is 0.506 e. The highest BCUT2D eigenvalue weighted by Gasteiger charge is 2.43. The standard InChI is InChI=1S/C24H31ClO3S/c1-3-5-12-24(13-6-4-2)16-20(18-10-8-7-9-11-18)19-14-21(25)22(26)15-23(19)29(27,28)17-24/h7-11,14-15,20,26H,3-6,12-13,16-17H2,1-2H3. The summed E-state index contributed by atoms with van der Waals surface area (Å²) in [6, 6.07) is 13.1. The predicted octanol–water partition coefficient (Wildman–Crippen LogP) is 6.72. The van der Waals surface area contributed by atoms with Gasteiger partial charge in [-0.05, 0) is 41.9 Å². The molecule has 1 aliphatic rings. The first-order valence-corrected chi connectivity index (χ1v) is 12.6. The molecule has 29 heavy (non-hydrogen) atoms.